The molecule has 1 rings (SSSR count). The highest BCUT2D eigenvalue weighted by Crippen LogP contribution is 2.19. The van der Waals surface area contributed by atoms with Gasteiger partial charge in [0.25, 0.3) is 0 Å². The van der Waals surface area contributed by atoms with Crippen molar-refractivity contribution in [1.29, 1.82) is 0 Å². The summed E-state index contributed by atoms with van der Waals surface area (Å²) < 4.78 is 0. The molecule has 4 N–H and O–H groups in total. The van der Waals surface area contributed by atoms with Crippen molar-refractivity contribution in [1.82, 2.24) is 9.97 Å². The Morgan fingerprint density at radius 2 is 2.00 bits per heavy atom. The van der Waals surface area contributed by atoms with E-state index in [0.717, 1.165) is 0 Å². The Kier molecular flexibility index (Phi) is 1.52. The third-order valence-electron chi connectivity index (χ3n) is 1.05. The van der Waals surface area contributed by atoms with Crippen molar-refractivity contribution in [3.63, 3.8) is 0 Å². The lowest BCUT2D eigenvalue weighted by Gasteiger charge is -1.98. The highest BCUT2D eigenvalue weighted by Gasteiger charge is 2.07. The van der Waals surface area contributed by atoms with Crippen molar-refractivity contribution in [2.24, 2.45) is 0 Å². The zero-order valence-corrected chi connectivity index (χ0v) is 5.44. The predicted octanol–water partition coefficient (Wildman–Crippen LogP) is -0.549. The smallest absolute Gasteiger partial charge is 0.319 e. The Morgan fingerprint density at radius 1 is 1.36 bits per heavy atom. The molecule has 0 aromatic carbocycles. The SMILES string of the molecule is C#Cc1c(N)nc(O)nc1O. The number of nitrogens with two attached hydrogens (primary N) is 1. The molecule has 0 amide bonds. The molecule has 1 aromatic heterocycles. The molecule has 1 heterocycles. The van der Waals surface area contributed by atoms with Crippen LogP contribution in [0.3, 0.4) is 0 Å². The zero-order chi connectivity index (χ0) is 8.43. The van der Waals surface area contributed by atoms with E-state index in [1.54, 1.807) is 0 Å². The summed E-state index contributed by atoms with van der Waals surface area (Å²) in [5, 5.41) is 17.6. The summed E-state index contributed by atoms with van der Waals surface area (Å²) in [7, 11) is 0. The molecular weight excluding hydrogens is 146 g/mol. The van der Waals surface area contributed by atoms with Crippen LogP contribution in [-0.4, -0.2) is 20.2 Å². The van der Waals surface area contributed by atoms with Crippen LogP contribution in [0.5, 0.6) is 11.9 Å². The average molecular weight is 151 g/mol. The van der Waals surface area contributed by atoms with Crippen molar-refractivity contribution in [2.45, 2.75) is 0 Å². The Bertz CT molecular complexity index is 306. The van der Waals surface area contributed by atoms with Gasteiger partial charge in [0.05, 0.1) is 0 Å². The fourth-order valence-electron chi connectivity index (χ4n) is 0.592. The van der Waals surface area contributed by atoms with Gasteiger partial charge in [-0.3, -0.25) is 0 Å². The number of aromatic nitrogens is 2. The molecule has 0 radical (unpaired) electrons. The number of hydrogen-bond acceptors (Lipinski definition) is 5. The maximum Gasteiger partial charge on any atom is 0.319 e. The molecule has 0 spiro atoms. The van der Waals surface area contributed by atoms with Crippen LogP contribution in [0.15, 0.2) is 0 Å². The molecule has 0 saturated heterocycles. The van der Waals surface area contributed by atoms with Crippen LogP contribution in [0.4, 0.5) is 5.82 Å². The number of anilines is 1. The second-order valence-electron chi connectivity index (χ2n) is 1.75. The van der Waals surface area contributed by atoms with Gasteiger partial charge in [-0.25, -0.2) is 0 Å². The first-order chi connectivity index (χ1) is 5.15. The van der Waals surface area contributed by atoms with E-state index in [9.17, 15) is 0 Å². The van der Waals surface area contributed by atoms with Crippen LogP contribution in [-0.2, 0) is 0 Å². The maximum absolute atomic E-state index is 8.94. The Balaban J connectivity index is 3.40. The van der Waals surface area contributed by atoms with Gasteiger partial charge in [0.15, 0.2) is 5.82 Å². The predicted molar refractivity (Wildman–Crippen MR) is 37.7 cm³/mol. The summed E-state index contributed by atoms with van der Waals surface area (Å²) in [5.74, 6) is 1.48. The number of nitrogens with zero attached hydrogens (tertiary/aromatic N) is 2. The van der Waals surface area contributed by atoms with Gasteiger partial charge in [-0.05, 0) is 0 Å². The van der Waals surface area contributed by atoms with Crippen LogP contribution in [0.2, 0.25) is 0 Å². The second-order valence-corrected chi connectivity index (χ2v) is 1.75. The highest BCUT2D eigenvalue weighted by atomic mass is 16.3. The molecule has 11 heavy (non-hydrogen) atoms. The van der Waals surface area contributed by atoms with E-state index < -0.39 is 11.9 Å². The second kappa shape index (κ2) is 2.34. The lowest BCUT2D eigenvalue weighted by molar-refractivity contribution is 0.398. The van der Waals surface area contributed by atoms with E-state index in [1.165, 1.54) is 0 Å². The van der Waals surface area contributed by atoms with E-state index in [2.05, 4.69) is 15.9 Å². The van der Waals surface area contributed by atoms with Crippen molar-refractivity contribution in [3.8, 4) is 24.2 Å². The molecule has 0 aliphatic rings. The monoisotopic (exact) mass is 151 g/mol. The van der Waals surface area contributed by atoms with Crippen LogP contribution in [0.25, 0.3) is 0 Å². The molecule has 0 unspecified atom stereocenters. The van der Waals surface area contributed by atoms with Gasteiger partial charge in [-0.2, -0.15) is 9.97 Å². The first-order valence-corrected chi connectivity index (χ1v) is 2.67. The average Bonchev–Trinajstić information content (AvgIpc) is 1.85. The molecule has 0 bridgehead atoms. The Labute approximate surface area is 62.5 Å². The first kappa shape index (κ1) is 7.15. The summed E-state index contributed by atoms with van der Waals surface area (Å²) in [6.07, 6.45) is 4.95. The maximum atomic E-state index is 8.94. The van der Waals surface area contributed by atoms with E-state index in [-0.39, 0.29) is 11.4 Å². The third-order valence-corrected chi connectivity index (χ3v) is 1.05. The Hall–Kier alpha value is -1.96. The topological polar surface area (TPSA) is 92.3 Å². The molecule has 1 aromatic rings. The van der Waals surface area contributed by atoms with Crippen LogP contribution in [0, 0.1) is 12.3 Å². The van der Waals surface area contributed by atoms with E-state index in [4.69, 9.17) is 22.4 Å². The molecule has 0 aliphatic carbocycles. The van der Waals surface area contributed by atoms with Gasteiger partial charge >= 0.3 is 6.01 Å². The van der Waals surface area contributed by atoms with Crippen LogP contribution in [0.1, 0.15) is 5.56 Å². The molecule has 0 saturated carbocycles. The molecule has 5 nitrogen and oxygen atoms in total. The van der Waals surface area contributed by atoms with Gasteiger partial charge in [0.1, 0.15) is 5.56 Å². The summed E-state index contributed by atoms with van der Waals surface area (Å²) >= 11 is 0. The standard InChI is InChI=1S/C6H5N3O2/c1-2-3-4(7)8-6(11)9-5(3)10/h1H,(H4,7,8,9,10,11). The minimum Gasteiger partial charge on any atom is -0.492 e. The molecule has 0 aliphatic heterocycles. The van der Waals surface area contributed by atoms with E-state index >= 15 is 0 Å². The van der Waals surface area contributed by atoms with Crippen LogP contribution < -0.4 is 5.73 Å². The third kappa shape index (κ3) is 1.14. The molecular formula is C6H5N3O2. The minimum absolute atomic E-state index is 0.0113. The molecule has 0 fully saturated rings. The van der Waals surface area contributed by atoms with Gasteiger partial charge in [-0.15, -0.1) is 6.42 Å². The summed E-state index contributed by atoms with van der Waals surface area (Å²) in [6.45, 7) is 0. The number of rotatable bonds is 0. The summed E-state index contributed by atoms with van der Waals surface area (Å²) in [4.78, 5) is 6.51. The van der Waals surface area contributed by atoms with Gasteiger partial charge in [0.2, 0.25) is 5.88 Å². The normalized spacial score (nSPS) is 9.00. The number of nitrogen functional groups attached to an aromatic ring is 1. The van der Waals surface area contributed by atoms with Gasteiger partial charge in [0, 0.05) is 0 Å². The van der Waals surface area contributed by atoms with Crippen molar-refractivity contribution >= 4 is 5.82 Å². The summed E-state index contributed by atoms with van der Waals surface area (Å²) in [6, 6.07) is -0.598. The quantitative estimate of drug-likeness (QED) is 0.433. The lowest BCUT2D eigenvalue weighted by Crippen LogP contribution is -1.96. The lowest BCUT2D eigenvalue weighted by atomic mass is 10.3. The van der Waals surface area contributed by atoms with E-state index in [0.29, 0.717) is 0 Å². The fraction of sp³-hybridized carbons (Fsp3) is 0. The highest BCUT2D eigenvalue weighted by molar-refractivity contribution is 5.55. The van der Waals surface area contributed by atoms with Crippen molar-refractivity contribution in [2.75, 3.05) is 5.73 Å². The van der Waals surface area contributed by atoms with Gasteiger partial charge in [-0.1, -0.05) is 5.92 Å². The Morgan fingerprint density at radius 3 is 2.45 bits per heavy atom. The minimum atomic E-state index is -0.598. The summed E-state index contributed by atoms with van der Waals surface area (Å²) in [5.41, 5.74) is 5.21. The van der Waals surface area contributed by atoms with Crippen molar-refractivity contribution < 1.29 is 10.2 Å². The molecule has 0 atom stereocenters. The van der Waals surface area contributed by atoms with E-state index in [1.807, 2.05) is 0 Å². The largest absolute Gasteiger partial charge is 0.492 e. The number of terminal acetylenes is 1. The van der Waals surface area contributed by atoms with Crippen molar-refractivity contribution in [3.05, 3.63) is 5.56 Å². The zero-order valence-electron chi connectivity index (χ0n) is 5.44. The van der Waals surface area contributed by atoms with Gasteiger partial charge < -0.3 is 15.9 Å². The fourth-order valence-corrected chi connectivity index (χ4v) is 0.592. The molecule has 5 heteroatoms. The molecule has 56 valence electrons. The number of hydrogen-bond donors (Lipinski definition) is 3. The number of aromatic hydroxyl groups is 2. The van der Waals surface area contributed by atoms with Crippen LogP contribution >= 0.6 is 0 Å². The first-order valence-electron chi connectivity index (χ1n) is 2.67.